The second kappa shape index (κ2) is 5.17. The lowest BCUT2D eigenvalue weighted by Gasteiger charge is -2.06. The summed E-state index contributed by atoms with van der Waals surface area (Å²) in [4.78, 5) is 3.43. The van der Waals surface area contributed by atoms with Crippen molar-refractivity contribution in [2.75, 3.05) is 0 Å². The first-order valence-corrected chi connectivity index (χ1v) is 7.58. The highest BCUT2D eigenvalue weighted by molar-refractivity contribution is 6.08. The van der Waals surface area contributed by atoms with E-state index in [1.165, 1.54) is 0 Å². The molecule has 3 nitrogen and oxygen atoms in total. The van der Waals surface area contributed by atoms with Gasteiger partial charge >= 0.3 is 0 Å². The standard InChI is InChI=1S/C20H14FN2O/c1-12-10-17-19(14-11-13(22-2)7-8-16(14)24-17)20(21)18(12)15-6-4-5-9-23(15)3/h4-11H,1,3H3/q+1. The zero-order valence-corrected chi connectivity index (χ0v) is 13.3. The molecule has 4 aromatic rings. The van der Waals surface area contributed by atoms with Gasteiger partial charge in [0.15, 0.2) is 11.9 Å². The van der Waals surface area contributed by atoms with Gasteiger partial charge in [0.2, 0.25) is 5.69 Å². The minimum atomic E-state index is -0.312. The zero-order chi connectivity index (χ0) is 16.8. The SMILES string of the molecule is [C-]#[N+]c1ccc2oc3cc(C)c(-c4cccc[n+]4C)c(F)c3c2c1. The fourth-order valence-electron chi connectivity index (χ4n) is 3.17. The Morgan fingerprint density at radius 1 is 1.12 bits per heavy atom. The molecule has 0 aliphatic carbocycles. The Bertz CT molecular complexity index is 1150. The van der Waals surface area contributed by atoms with Gasteiger partial charge in [-0.15, -0.1) is 0 Å². The van der Waals surface area contributed by atoms with E-state index < -0.39 is 0 Å². The van der Waals surface area contributed by atoms with Crippen LogP contribution in [0.5, 0.6) is 0 Å². The number of aryl methyl sites for hydroxylation is 2. The predicted molar refractivity (Wildman–Crippen MR) is 91.3 cm³/mol. The Balaban J connectivity index is 2.15. The molecule has 4 rings (SSSR count). The van der Waals surface area contributed by atoms with Crippen LogP contribution in [0.2, 0.25) is 0 Å². The number of furan rings is 1. The van der Waals surface area contributed by atoms with Crippen molar-refractivity contribution < 1.29 is 13.4 Å². The summed E-state index contributed by atoms with van der Waals surface area (Å²) >= 11 is 0. The maximum atomic E-state index is 15.4. The quantitative estimate of drug-likeness (QED) is 0.354. The molecule has 0 aliphatic heterocycles. The van der Waals surface area contributed by atoms with Gasteiger partial charge in [-0.25, -0.2) is 13.8 Å². The summed E-state index contributed by atoms with van der Waals surface area (Å²) in [6, 6.07) is 12.6. The number of pyridine rings is 1. The molecular weight excluding hydrogens is 303 g/mol. The molecule has 0 unspecified atom stereocenters. The van der Waals surface area contributed by atoms with Gasteiger partial charge in [0.1, 0.15) is 24.0 Å². The minimum Gasteiger partial charge on any atom is -0.456 e. The lowest BCUT2D eigenvalue weighted by atomic mass is 10.00. The van der Waals surface area contributed by atoms with Crippen molar-refractivity contribution in [3.8, 4) is 11.3 Å². The summed E-state index contributed by atoms with van der Waals surface area (Å²) in [5.41, 5.74) is 3.73. The average molecular weight is 317 g/mol. The third-order valence-electron chi connectivity index (χ3n) is 4.32. The predicted octanol–water partition coefficient (Wildman–Crippen LogP) is 5.08. The molecule has 0 fully saturated rings. The van der Waals surface area contributed by atoms with Crippen molar-refractivity contribution in [1.82, 2.24) is 0 Å². The van der Waals surface area contributed by atoms with Crippen LogP contribution < -0.4 is 4.57 Å². The van der Waals surface area contributed by atoms with E-state index in [9.17, 15) is 0 Å². The third-order valence-corrected chi connectivity index (χ3v) is 4.32. The number of hydrogen-bond donors (Lipinski definition) is 0. The molecular formula is C20H14FN2O+. The summed E-state index contributed by atoms with van der Waals surface area (Å²) in [6.07, 6.45) is 1.89. The topological polar surface area (TPSA) is 21.4 Å². The highest BCUT2D eigenvalue weighted by atomic mass is 19.1. The van der Waals surface area contributed by atoms with Gasteiger partial charge in [-0.3, -0.25) is 0 Å². The number of halogens is 1. The monoisotopic (exact) mass is 317 g/mol. The van der Waals surface area contributed by atoms with Crippen molar-refractivity contribution in [3.05, 3.63) is 71.5 Å². The molecule has 2 aromatic carbocycles. The van der Waals surface area contributed by atoms with Gasteiger partial charge < -0.3 is 4.42 Å². The molecule has 0 radical (unpaired) electrons. The lowest BCUT2D eigenvalue weighted by Crippen LogP contribution is -2.30. The molecule has 24 heavy (non-hydrogen) atoms. The van der Waals surface area contributed by atoms with Gasteiger partial charge in [0.05, 0.1) is 17.5 Å². The number of hydrogen-bond acceptors (Lipinski definition) is 1. The van der Waals surface area contributed by atoms with E-state index in [1.807, 2.05) is 49.0 Å². The Labute approximate surface area is 138 Å². The molecule has 0 bridgehead atoms. The number of rotatable bonds is 1. The molecule has 0 amide bonds. The molecule has 0 saturated heterocycles. The molecule has 116 valence electrons. The smallest absolute Gasteiger partial charge is 0.215 e. The van der Waals surface area contributed by atoms with Crippen LogP contribution in [0.1, 0.15) is 5.56 Å². The van der Waals surface area contributed by atoms with E-state index in [0.717, 1.165) is 11.3 Å². The first-order valence-electron chi connectivity index (χ1n) is 7.58. The molecule has 0 atom stereocenters. The van der Waals surface area contributed by atoms with E-state index in [1.54, 1.807) is 18.2 Å². The largest absolute Gasteiger partial charge is 0.456 e. The number of fused-ring (bicyclic) bond motifs is 3. The Morgan fingerprint density at radius 2 is 1.96 bits per heavy atom. The van der Waals surface area contributed by atoms with Gasteiger partial charge in [0.25, 0.3) is 0 Å². The van der Waals surface area contributed by atoms with Crippen LogP contribution in [-0.4, -0.2) is 0 Å². The van der Waals surface area contributed by atoms with Crippen molar-refractivity contribution in [1.29, 1.82) is 0 Å². The van der Waals surface area contributed by atoms with Crippen LogP contribution in [0.3, 0.4) is 0 Å². The first kappa shape index (κ1) is 14.4. The van der Waals surface area contributed by atoms with Crippen molar-refractivity contribution >= 4 is 27.6 Å². The Morgan fingerprint density at radius 3 is 2.71 bits per heavy atom. The Hall–Kier alpha value is -3.19. The molecule has 2 aromatic heterocycles. The van der Waals surface area contributed by atoms with Gasteiger partial charge in [-0.1, -0.05) is 6.07 Å². The van der Waals surface area contributed by atoms with E-state index in [0.29, 0.717) is 33.2 Å². The fraction of sp³-hybridized carbons (Fsp3) is 0.100. The van der Waals surface area contributed by atoms with Crippen molar-refractivity contribution in [2.45, 2.75) is 6.92 Å². The Kier molecular flexibility index (Phi) is 3.10. The minimum absolute atomic E-state index is 0.312. The van der Waals surface area contributed by atoms with Gasteiger partial charge in [0, 0.05) is 17.5 Å². The highest BCUT2D eigenvalue weighted by Gasteiger charge is 2.22. The van der Waals surface area contributed by atoms with E-state index >= 15 is 4.39 Å². The normalized spacial score (nSPS) is 11.1. The molecule has 0 aliphatic rings. The summed E-state index contributed by atoms with van der Waals surface area (Å²) < 4.78 is 23.1. The third kappa shape index (κ3) is 1.99. The second-order valence-electron chi connectivity index (χ2n) is 5.85. The molecule has 4 heteroatoms. The lowest BCUT2D eigenvalue weighted by molar-refractivity contribution is -0.660. The molecule has 0 spiro atoms. The van der Waals surface area contributed by atoms with Gasteiger partial charge in [-0.2, -0.15) is 0 Å². The van der Waals surface area contributed by atoms with E-state index in [4.69, 9.17) is 11.0 Å². The van der Waals surface area contributed by atoms with E-state index in [2.05, 4.69) is 4.85 Å². The number of benzene rings is 2. The van der Waals surface area contributed by atoms with Crippen molar-refractivity contribution in [2.24, 2.45) is 7.05 Å². The van der Waals surface area contributed by atoms with Crippen LogP contribution >= 0.6 is 0 Å². The van der Waals surface area contributed by atoms with Crippen LogP contribution in [0.15, 0.2) is 53.1 Å². The molecule has 2 heterocycles. The van der Waals surface area contributed by atoms with Crippen molar-refractivity contribution in [3.63, 3.8) is 0 Å². The summed E-state index contributed by atoms with van der Waals surface area (Å²) in [6.45, 7) is 9.05. The fourth-order valence-corrected chi connectivity index (χ4v) is 3.17. The molecule has 0 saturated carbocycles. The maximum absolute atomic E-state index is 15.4. The number of aromatic nitrogens is 1. The van der Waals surface area contributed by atoms with Crippen LogP contribution in [0.4, 0.5) is 10.1 Å². The van der Waals surface area contributed by atoms with Gasteiger partial charge in [-0.05, 0) is 36.8 Å². The maximum Gasteiger partial charge on any atom is 0.215 e. The zero-order valence-electron chi connectivity index (χ0n) is 13.3. The van der Waals surface area contributed by atoms with Crippen LogP contribution in [0.25, 0.3) is 38.0 Å². The van der Waals surface area contributed by atoms with E-state index in [-0.39, 0.29) is 5.82 Å². The van der Waals surface area contributed by atoms with Crippen LogP contribution in [-0.2, 0) is 7.05 Å². The summed E-state index contributed by atoms with van der Waals surface area (Å²) in [5.74, 6) is -0.312. The second-order valence-corrected chi connectivity index (χ2v) is 5.85. The summed E-state index contributed by atoms with van der Waals surface area (Å²) in [7, 11) is 1.89. The van der Waals surface area contributed by atoms with Crippen LogP contribution in [0, 0.1) is 19.3 Å². The first-order chi connectivity index (χ1) is 11.6. The summed E-state index contributed by atoms with van der Waals surface area (Å²) in [5, 5.41) is 1.07. The number of nitrogens with zero attached hydrogens (tertiary/aromatic N) is 2. The highest BCUT2D eigenvalue weighted by Crippen LogP contribution is 2.38. The molecule has 0 N–H and O–H groups in total. The average Bonchev–Trinajstić information content (AvgIpc) is 2.93.